The molecule has 1 aromatic carbocycles. The molecule has 4 aromatic rings. The third-order valence-corrected chi connectivity index (χ3v) is 7.92. The summed E-state index contributed by atoms with van der Waals surface area (Å²) >= 11 is 3.28. The molecule has 3 aromatic heterocycles. The van der Waals surface area contributed by atoms with Gasteiger partial charge in [0.2, 0.25) is 11.8 Å². The molecule has 3 N–H and O–H groups in total. The van der Waals surface area contributed by atoms with Gasteiger partial charge in [0, 0.05) is 11.4 Å². The molecule has 38 heavy (non-hydrogen) atoms. The summed E-state index contributed by atoms with van der Waals surface area (Å²) in [5, 5.41) is 3.24. The molecule has 0 spiro atoms. The number of pyridine rings is 1. The second-order valence-corrected chi connectivity index (χ2v) is 10.8. The molecule has 1 saturated heterocycles. The van der Waals surface area contributed by atoms with Gasteiger partial charge in [-0.15, -0.1) is 0 Å². The van der Waals surface area contributed by atoms with Crippen LogP contribution in [0.15, 0.2) is 47.3 Å². The van der Waals surface area contributed by atoms with Gasteiger partial charge in [-0.3, -0.25) is 9.59 Å². The Hall–Kier alpha value is -3.74. The first-order valence-corrected chi connectivity index (χ1v) is 12.6. The first kappa shape index (κ1) is 24.6. The van der Waals surface area contributed by atoms with E-state index in [0.717, 1.165) is 18.6 Å². The number of nitrogens with two attached hydrogens (primary N) is 1. The number of likely N-dealkylation sites (tertiary alicyclic amines) is 1. The summed E-state index contributed by atoms with van der Waals surface area (Å²) in [6.07, 6.45) is -2.08. The quantitative estimate of drug-likeness (QED) is 0.342. The van der Waals surface area contributed by atoms with Crippen LogP contribution in [0.2, 0.25) is 0 Å². The van der Waals surface area contributed by atoms with Crippen LogP contribution in [-0.2, 0) is 22.3 Å². The van der Waals surface area contributed by atoms with Crippen molar-refractivity contribution < 1.29 is 22.8 Å². The highest BCUT2D eigenvalue weighted by Crippen LogP contribution is 2.59. The molecule has 13 heteroatoms. The molecule has 1 aliphatic heterocycles. The van der Waals surface area contributed by atoms with Crippen LogP contribution in [0.25, 0.3) is 21.9 Å². The van der Waals surface area contributed by atoms with E-state index in [9.17, 15) is 22.8 Å². The van der Waals surface area contributed by atoms with Gasteiger partial charge in [-0.25, -0.2) is 15.0 Å². The molecule has 1 saturated carbocycles. The number of anilines is 2. The molecule has 1 aliphatic carbocycles. The molecule has 6 rings (SSSR count). The zero-order valence-corrected chi connectivity index (χ0v) is 21.5. The number of rotatable bonds is 4. The number of hydrogen-bond acceptors (Lipinski definition) is 6. The van der Waals surface area contributed by atoms with Crippen molar-refractivity contribution in [3.05, 3.63) is 52.9 Å². The average molecular weight is 588 g/mol. The van der Waals surface area contributed by atoms with Crippen molar-refractivity contribution in [1.29, 1.82) is 0 Å². The summed E-state index contributed by atoms with van der Waals surface area (Å²) in [5.74, 6) is -0.312. The maximum absolute atomic E-state index is 13.8. The van der Waals surface area contributed by atoms with Crippen molar-refractivity contribution in [2.45, 2.75) is 44.6 Å². The molecule has 3 atom stereocenters. The number of carbonyl (C=O) groups excluding carboxylic acids is 2. The molecule has 0 bridgehead atoms. The third-order valence-electron chi connectivity index (χ3n) is 7.48. The van der Waals surface area contributed by atoms with Crippen molar-refractivity contribution in [1.82, 2.24) is 24.4 Å². The predicted octanol–water partition coefficient (Wildman–Crippen LogP) is 4.36. The second-order valence-electron chi connectivity index (χ2n) is 10.0. The minimum absolute atomic E-state index is 0.0141. The fraction of sp³-hybridized carbons (Fsp3) is 0.320. The molecule has 196 valence electrons. The van der Waals surface area contributed by atoms with Crippen molar-refractivity contribution in [2.24, 2.45) is 5.41 Å². The van der Waals surface area contributed by atoms with E-state index >= 15 is 0 Å². The summed E-state index contributed by atoms with van der Waals surface area (Å²) in [7, 11) is 0. The Morgan fingerprint density at radius 2 is 2.00 bits per heavy atom. The zero-order valence-electron chi connectivity index (χ0n) is 20.0. The number of nitrogens with zero attached hydrogens (tertiary/aromatic N) is 5. The number of amides is 2. The number of fused-ring (bicyclic) bond motifs is 4. The van der Waals surface area contributed by atoms with Gasteiger partial charge in [-0.05, 0) is 64.5 Å². The fourth-order valence-corrected chi connectivity index (χ4v) is 5.88. The molecular formula is C25H21BrF3N7O2. The van der Waals surface area contributed by atoms with Crippen LogP contribution < -0.4 is 11.1 Å². The molecule has 9 nitrogen and oxygen atoms in total. The van der Waals surface area contributed by atoms with Gasteiger partial charge in [0.1, 0.15) is 40.8 Å². The molecule has 2 amide bonds. The van der Waals surface area contributed by atoms with Gasteiger partial charge >= 0.3 is 6.18 Å². The van der Waals surface area contributed by atoms with Crippen molar-refractivity contribution in [2.75, 3.05) is 11.1 Å². The van der Waals surface area contributed by atoms with Crippen molar-refractivity contribution in [3.63, 3.8) is 0 Å². The van der Waals surface area contributed by atoms with Crippen LogP contribution in [0.5, 0.6) is 0 Å². The largest absolute Gasteiger partial charge is 0.416 e. The lowest BCUT2D eigenvalue weighted by atomic mass is 10.0. The summed E-state index contributed by atoms with van der Waals surface area (Å²) in [6, 6.07) is 7.57. The normalized spacial score (nSPS) is 22.6. The molecule has 2 fully saturated rings. The third kappa shape index (κ3) is 3.96. The number of halogens is 4. The zero-order chi connectivity index (χ0) is 27.0. The number of piperidine rings is 1. The number of hydrogen-bond donors (Lipinski definition) is 2. The molecule has 0 radical (unpaired) electrons. The highest BCUT2D eigenvalue weighted by Gasteiger charge is 2.64. The minimum atomic E-state index is -4.56. The van der Waals surface area contributed by atoms with Gasteiger partial charge < -0.3 is 20.5 Å². The monoisotopic (exact) mass is 587 g/mol. The highest BCUT2D eigenvalue weighted by atomic mass is 79.9. The van der Waals surface area contributed by atoms with Gasteiger partial charge in [-0.1, -0.05) is 13.0 Å². The number of aromatic nitrogens is 4. The second kappa shape index (κ2) is 8.38. The van der Waals surface area contributed by atoms with Crippen LogP contribution in [0.1, 0.15) is 25.3 Å². The van der Waals surface area contributed by atoms with E-state index in [4.69, 9.17) is 5.73 Å². The number of nitrogens with one attached hydrogen (secondary N) is 1. The summed E-state index contributed by atoms with van der Waals surface area (Å²) in [5.41, 5.74) is 5.64. The number of alkyl halides is 3. The van der Waals surface area contributed by atoms with Crippen LogP contribution in [-0.4, -0.2) is 48.3 Å². The molecule has 2 aliphatic rings. The standard InChI is InChI=1S/C25H21BrF3N7O2/c1-24-8-15(23(38)34-18-4-2-3-17(26)33-18)36(16(24)9-24)19(37)10-35-14-6-5-12(25(27,28)29)7-13(14)20-21(30)31-11-32-22(20)35/h2-7,11,15-16H,8-10H2,1H3,(H2,30,31,32)(H,33,34,38)/t15-,16+,24-/m0/s1. The first-order valence-electron chi connectivity index (χ1n) is 11.8. The number of nitrogen functional groups attached to an aromatic ring is 1. The Labute approximate surface area is 222 Å². The van der Waals surface area contributed by atoms with E-state index in [-0.39, 0.29) is 52.1 Å². The fourth-order valence-electron chi connectivity index (χ4n) is 5.54. The summed E-state index contributed by atoms with van der Waals surface area (Å²) < 4.78 is 42.4. The minimum Gasteiger partial charge on any atom is -0.383 e. The van der Waals surface area contributed by atoms with E-state index in [1.54, 1.807) is 23.1 Å². The first-order chi connectivity index (χ1) is 18.0. The summed E-state index contributed by atoms with van der Waals surface area (Å²) in [6.45, 7) is 1.81. The van der Waals surface area contributed by atoms with Crippen molar-refractivity contribution >= 4 is 61.3 Å². The van der Waals surface area contributed by atoms with Crippen molar-refractivity contribution in [3.8, 4) is 0 Å². The van der Waals surface area contributed by atoms with Gasteiger partial charge in [0.05, 0.1) is 16.5 Å². The SMILES string of the molecule is C[C@@]12C[C@@H](C(=O)Nc3cccc(Br)n3)N(C(=O)Cn3c4ccc(C(F)(F)F)cc4c4c(N)ncnc43)[C@@H]1C2. The van der Waals surface area contributed by atoms with Gasteiger partial charge in [0.15, 0.2) is 0 Å². The lowest BCUT2D eigenvalue weighted by Gasteiger charge is -2.27. The lowest BCUT2D eigenvalue weighted by Crippen LogP contribution is -2.46. The highest BCUT2D eigenvalue weighted by molar-refractivity contribution is 9.10. The van der Waals surface area contributed by atoms with Crippen LogP contribution in [0.4, 0.5) is 24.8 Å². The lowest BCUT2D eigenvalue weighted by molar-refractivity contribution is -0.138. The Morgan fingerprint density at radius 3 is 2.74 bits per heavy atom. The Kier molecular flexibility index (Phi) is 5.42. The molecule has 0 unspecified atom stereocenters. The van der Waals surface area contributed by atoms with Crippen LogP contribution >= 0.6 is 15.9 Å². The number of carbonyl (C=O) groups is 2. The van der Waals surface area contributed by atoms with Crippen LogP contribution in [0.3, 0.4) is 0 Å². The number of benzene rings is 1. The van der Waals surface area contributed by atoms with E-state index in [2.05, 4.69) is 36.2 Å². The van der Waals surface area contributed by atoms with E-state index < -0.39 is 17.8 Å². The van der Waals surface area contributed by atoms with E-state index in [1.165, 1.54) is 17.0 Å². The van der Waals surface area contributed by atoms with E-state index in [0.29, 0.717) is 22.4 Å². The van der Waals surface area contributed by atoms with E-state index in [1.807, 2.05) is 6.92 Å². The Morgan fingerprint density at radius 1 is 1.21 bits per heavy atom. The van der Waals surface area contributed by atoms with Gasteiger partial charge in [0.25, 0.3) is 0 Å². The maximum atomic E-state index is 13.8. The smallest absolute Gasteiger partial charge is 0.383 e. The summed E-state index contributed by atoms with van der Waals surface area (Å²) in [4.78, 5) is 41.0. The average Bonchev–Trinajstić information content (AvgIpc) is 3.25. The molecule has 4 heterocycles. The Balaban J connectivity index is 1.36. The predicted molar refractivity (Wildman–Crippen MR) is 137 cm³/mol. The van der Waals surface area contributed by atoms with Gasteiger partial charge in [-0.2, -0.15) is 13.2 Å². The topological polar surface area (TPSA) is 119 Å². The van der Waals surface area contributed by atoms with Crippen LogP contribution in [0, 0.1) is 5.41 Å². The maximum Gasteiger partial charge on any atom is 0.416 e. The molecular weight excluding hydrogens is 567 g/mol. The Bertz CT molecular complexity index is 1640.